The molecular weight excluding hydrogens is 268 g/mol. The highest BCUT2D eigenvalue weighted by Gasteiger charge is 1.88. The molecule has 0 aromatic heterocycles. The summed E-state index contributed by atoms with van der Waals surface area (Å²) in [6.45, 7) is 4.59. The van der Waals surface area contributed by atoms with Crippen LogP contribution in [0.4, 0.5) is 0 Å². The summed E-state index contributed by atoms with van der Waals surface area (Å²) in [5.74, 6) is 2.55. The lowest BCUT2D eigenvalue weighted by Crippen LogP contribution is -2.21. The number of hydrogen-bond donors (Lipinski definition) is 3. The minimum absolute atomic E-state index is 0. The lowest BCUT2D eigenvalue weighted by atomic mass is 10.3. The molecule has 4 N–H and O–H groups in total. The second-order valence-corrected chi connectivity index (χ2v) is 2.98. The van der Waals surface area contributed by atoms with Gasteiger partial charge in [-0.2, -0.15) is 0 Å². The molecule has 0 aliphatic rings. The highest BCUT2D eigenvalue weighted by atomic mass is 35.5. The second-order valence-electron chi connectivity index (χ2n) is 2.98. The molecule has 0 aliphatic carbocycles. The maximum Gasteiger partial charge on any atom is 0.0573 e. The fourth-order valence-electron chi connectivity index (χ4n) is 1.01. The van der Waals surface area contributed by atoms with Crippen LogP contribution >= 0.6 is 37.2 Å². The minimum atomic E-state index is 0. The van der Waals surface area contributed by atoms with E-state index in [1.54, 1.807) is 0 Å². The van der Waals surface area contributed by atoms with Crippen LogP contribution < -0.4 is 16.4 Å². The molecule has 0 amide bonds. The van der Waals surface area contributed by atoms with Crippen LogP contribution in [-0.4, -0.2) is 32.7 Å². The largest absolute Gasteiger partial charge is 0.330 e. The lowest BCUT2D eigenvalue weighted by Gasteiger charge is -2.03. The molecule has 0 aromatic carbocycles. The van der Waals surface area contributed by atoms with E-state index in [9.17, 15) is 0 Å². The monoisotopic (exact) mass is 291 g/mol. The Morgan fingerprint density at radius 2 is 1.38 bits per heavy atom. The Balaban J connectivity index is -0.000000240. The van der Waals surface area contributed by atoms with Gasteiger partial charge in [-0.15, -0.1) is 43.6 Å². The molecule has 0 fully saturated rings. The number of nitrogens with two attached hydrogens (primary N) is 1. The standard InChI is InChI=1S/C10H21N3.3ClH/c1-2-7-12-8-3-4-9-13-10-5-6-11;;;/h1,12-13H,3-11H2;3*1H. The fourth-order valence-corrected chi connectivity index (χ4v) is 1.01. The van der Waals surface area contributed by atoms with Crippen LogP contribution in [0.25, 0.3) is 0 Å². The first-order valence-electron chi connectivity index (χ1n) is 4.96. The Labute approximate surface area is 118 Å². The van der Waals surface area contributed by atoms with Gasteiger partial charge in [0.1, 0.15) is 0 Å². The predicted molar refractivity (Wildman–Crippen MR) is 79.2 cm³/mol. The summed E-state index contributed by atoms with van der Waals surface area (Å²) in [5.41, 5.74) is 5.36. The third-order valence-electron chi connectivity index (χ3n) is 1.74. The van der Waals surface area contributed by atoms with Gasteiger partial charge in [0.05, 0.1) is 6.54 Å². The van der Waals surface area contributed by atoms with Gasteiger partial charge in [-0.3, -0.25) is 0 Å². The van der Waals surface area contributed by atoms with E-state index >= 15 is 0 Å². The number of hydrogen-bond acceptors (Lipinski definition) is 3. The van der Waals surface area contributed by atoms with Gasteiger partial charge in [-0.1, -0.05) is 5.92 Å². The predicted octanol–water partition coefficient (Wildman–Crippen LogP) is 1.19. The van der Waals surface area contributed by atoms with Gasteiger partial charge in [-0.05, 0) is 45.4 Å². The Morgan fingerprint density at radius 3 is 1.88 bits per heavy atom. The van der Waals surface area contributed by atoms with Crippen molar-refractivity contribution in [3.8, 4) is 12.3 Å². The zero-order chi connectivity index (χ0) is 9.78. The third kappa shape index (κ3) is 23.8. The van der Waals surface area contributed by atoms with Gasteiger partial charge in [0.2, 0.25) is 0 Å². The van der Waals surface area contributed by atoms with Gasteiger partial charge in [0, 0.05) is 0 Å². The van der Waals surface area contributed by atoms with Crippen molar-refractivity contribution < 1.29 is 0 Å². The third-order valence-corrected chi connectivity index (χ3v) is 1.74. The molecule has 0 saturated heterocycles. The Morgan fingerprint density at radius 1 is 0.875 bits per heavy atom. The van der Waals surface area contributed by atoms with Crippen LogP contribution in [0.5, 0.6) is 0 Å². The first-order valence-corrected chi connectivity index (χ1v) is 4.96. The molecule has 0 rings (SSSR count). The zero-order valence-electron chi connectivity index (χ0n) is 9.54. The van der Waals surface area contributed by atoms with Crippen molar-refractivity contribution in [3.63, 3.8) is 0 Å². The SMILES string of the molecule is C#CCNCCCCNCCCN.Cl.Cl.Cl. The summed E-state index contributed by atoms with van der Waals surface area (Å²) >= 11 is 0. The fraction of sp³-hybridized carbons (Fsp3) is 0.800. The van der Waals surface area contributed by atoms with Gasteiger partial charge in [-0.25, -0.2) is 0 Å². The summed E-state index contributed by atoms with van der Waals surface area (Å²) in [5, 5.41) is 6.48. The van der Waals surface area contributed by atoms with Crippen molar-refractivity contribution in [2.75, 3.05) is 32.7 Å². The average molecular weight is 293 g/mol. The molecule has 0 atom stereocenters. The van der Waals surface area contributed by atoms with Crippen molar-refractivity contribution in [2.24, 2.45) is 5.73 Å². The molecule has 3 nitrogen and oxygen atoms in total. The maximum atomic E-state index is 5.36. The molecule has 0 bridgehead atoms. The normalized spacial score (nSPS) is 8.00. The summed E-state index contributed by atoms with van der Waals surface area (Å²) < 4.78 is 0. The van der Waals surface area contributed by atoms with Crippen molar-refractivity contribution >= 4 is 37.2 Å². The topological polar surface area (TPSA) is 50.1 Å². The maximum absolute atomic E-state index is 5.36. The molecule has 0 aromatic rings. The first kappa shape index (κ1) is 25.2. The van der Waals surface area contributed by atoms with Crippen molar-refractivity contribution in [2.45, 2.75) is 19.3 Å². The molecule has 0 saturated carbocycles. The Bertz CT molecular complexity index is 140. The van der Waals surface area contributed by atoms with E-state index < -0.39 is 0 Å². The molecule has 0 heterocycles. The van der Waals surface area contributed by atoms with Crippen molar-refractivity contribution in [1.29, 1.82) is 0 Å². The van der Waals surface area contributed by atoms with Crippen LogP contribution in [0.3, 0.4) is 0 Å². The molecule has 16 heavy (non-hydrogen) atoms. The van der Waals surface area contributed by atoms with E-state index in [1.807, 2.05) is 0 Å². The molecule has 100 valence electrons. The van der Waals surface area contributed by atoms with E-state index in [0.29, 0.717) is 6.54 Å². The molecule has 0 unspecified atom stereocenters. The van der Waals surface area contributed by atoms with Gasteiger partial charge in [0.15, 0.2) is 0 Å². The minimum Gasteiger partial charge on any atom is -0.330 e. The second kappa shape index (κ2) is 24.5. The highest BCUT2D eigenvalue weighted by molar-refractivity contribution is 5.86. The average Bonchev–Trinajstić information content (AvgIpc) is 2.16. The number of rotatable bonds is 9. The summed E-state index contributed by atoms with van der Waals surface area (Å²) in [6.07, 6.45) is 8.53. The first-order chi connectivity index (χ1) is 6.41. The van der Waals surface area contributed by atoms with Gasteiger partial charge < -0.3 is 16.4 Å². The molecule has 0 spiro atoms. The zero-order valence-corrected chi connectivity index (χ0v) is 12.0. The van der Waals surface area contributed by atoms with E-state index in [0.717, 1.165) is 32.6 Å². The van der Waals surface area contributed by atoms with Crippen LogP contribution in [0.15, 0.2) is 0 Å². The van der Waals surface area contributed by atoms with E-state index in [1.165, 1.54) is 12.8 Å². The van der Waals surface area contributed by atoms with E-state index in [4.69, 9.17) is 12.2 Å². The number of terminal acetylenes is 1. The molecule has 0 radical (unpaired) electrons. The van der Waals surface area contributed by atoms with Crippen LogP contribution in [0, 0.1) is 12.3 Å². The van der Waals surface area contributed by atoms with Gasteiger partial charge in [0.25, 0.3) is 0 Å². The number of halogens is 3. The van der Waals surface area contributed by atoms with Crippen molar-refractivity contribution in [3.05, 3.63) is 0 Å². The quantitative estimate of drug-likeness (QED) is 0.442. The van der Waals surface area contributed by atoms with Crippen LogP contribution in [0.1, 0.15) is 19.3 Å². The Kier molecular flexibility index (Phi) is 38.6. The summed E-state index contributed by atoms with van der Waals surface area (Å²) in [4.78, 5) is 0. The van der Waals surface area contributed by atoms with Crippen LogP contribution in [0.2, 0.25) is 0 Å². The smallest absolute Gasteiger partial charge is 0.0573 e. The number of nitrogens with one attached hydrogen (secondary N) is 2. The molecule has 0 aliphatic heterocycles. The van der Waals surface area contributed by atoms with E-state index in [-0.39, 0.29) is 37.2 Å². The van der Waals surface area contributed by atoms with E-state index in [2.05, 4.69) is 16.6 Å². The summed E-state index contributed by atoms with van der Waals surface area (Å²) in [7, 11) is 0. The molecule has 6 heteroatoms. The number of unbranched alkanes of at least 4 members (excludes halogenated alkanes) is 1. The Hall–Kier alpha value is 0.310. The summed E-state index contributed by atoms with van der Waals surface area (Å²) in [6, 6.07) is 0. The molecular formula is C10H24Cl3N3. The van der Waals surface area contributed by atoms with Gasteiger partial charge >= 0.3 is 0 Å². The van der Waals surface area contributed by atoms with Crippen molar-refractivity contribution in [1.82, 2.24) is 10.6 Å². The highest BCUT2D eigenvalue weighted by Crippen LogP contribution is 1.84. The van der Waals surface area contributed by atoms with Crippen LogP contribution in [-0.2, 0) is 0 Å². The lowest BCUT2D eigenvalue weighted by molar-refractivity contribution is 0.589.